The van der Waals surface area contributed by atoms with E-state index in [1.165, 1.54) is 12.1 Å². The van der Waals surface area contributed by atoms with Gasteiger partial charge in [0.2, 0.25) is 0 Å². The Morgan fingerprint density at radius 1 is 1.26 bits per heavy atom. The fourth-order valence-electron chi connectivity index (χ4n) is 1.77. The summed E-state index contributed by atoms with van der Waals surface area (Å²) in [6.07, 6.45) is 3.60. The van der Waals surface area contributed by atoms with Crippen LogP contribution in [0.15, 0.2) is 42.7 Å². The largest absolute Gasteiger partial charge is 0.270 e. The lowest BCUT2D eigenvalue weighted by molar-refractivity contribution is -0.384. The summed E-state index contributed by atoms with van der Waals surface area (Å²) >= 11 is 2.17. The molecule has 19 heavy (non-hydrogen) atoms. The molecule has 2 aromatic heterocycles. The highest BCUT2D eigenvalue weighted by molar-refractivity contribution is 14.1. The highest BCUT2D eigenvalue weighted by atomic mass is 127. The van der Waals surface area contributed by atoms with Gasteiger partial charge in [0.1, 0.15) is 0 Å². The van der Waals surface area contributed by atoms with E-state index in [9.17, 15) is 10.1 Å². The number of rotatable bonds is 2. The first-order valence-electron chi connectivity index (χ1n) is 5.39. The van der Waals surface area contributed by atoms with Gasteiger partial charge in [-0.2, -0.15) is 5.10 Å². The molecule has 0 fully saturated rings. The third-order valence-corrected chi connectivity index (χ3v) is 3.21. The van der Waals surface area contributed by atoms with E-state index in [-0.39, 0.29) is 5.69 Å². The van der Waals surface area contributed by atoms with Crippen molar-refractivity contribution in [3.05, 3.63) is 56.4 Å². The van der Waals surface area contributed by atoms with Gasteiger partial charge in [0.15, 0.2) is 5.82 Å². The second-order valence-corrected chi connectivity index (χ2v) is 5.15. The molecule has 6 nitrogen and oxygen atoms in total. The van der Waals surface area contributed by atoms with Gasteiger partial charge in [-0.3, -0.25) is 10.1 Å². The van der Waals surface area contributed by atoms with Crippen LogP contribution in [0.2, 0.25) is 0 Å². The summed E-state index contributed by atoms with van der Waals surface area (Å²) in [4.78, 5) is 14.7. The molecule has 2 heterocycles. The number of fused-ring (bicyclic) bond motifs is 1. The van der Waals surface area contributed by atoms with Gasteiger partial charge >= 0.3 is 0 Å². The van der Waals surface area contributed by atoms with Crippen LogP contribution in [0.4, 0.5) is 5.69 Å². The predicted octanol–water partition coefficient (Wildman–Crippen LogP) is 2.93. The van der Waals surface area contributed by atoms with Crippen molar-refractivity contribution in [2.45, 2.75) is 0 Å². The quantitative estimate of drug-likeness (QED) is 0.397. The molecule has 0 aliphatic rings. The Kier molecular flexibility index (Phi) is 2.90. The molecular weight excluding hydrogens is 359 g/mol. The average molecular weight is 366 g/mol. The smallest absolute Gasteiger partial charge is 0.258 e. The Balaban J connectivity index is 2.11. The SMILES string of the molecule is O=[N+]([O-])c1ccc2nc(-n3cc(I)cn3)ccc2c1. The van der Waals surface area contributed by atoms with Crippen LogP contribution in [0.1, 0.15) is 0 Å². The maximum Gasteiger partial charge on any atom is 0.270 e. The zero-order valence-corrected chi connectivity index (χ0v) is 11.7. The predicted molar refractivity (Wildman–Crippen MR) is 78.2 cm³/mol. The summed E-state index contributed by atoms with van der Waals surface area (Å²) in [6, 6.07) is 8.20. The number of pyridine rings is 1. The normalized spacial score (nSPS) is 10.8. The van der Waals surface area contributed by atoms with Crippen molar-refractivity contribution in [1.82, 2.24) is 14.8 Å². The van der Waals surface area contributed by atoms with Crippen molar-refractivity contribution in [3.8, 4) is 5.82 Å². The Morgan fingerprint density at radius 2 is 2.11 bits per heavy atom. The van der Waals surface area contributed by atoms with E-state index in [1.807, 2.05) is 6.20 Å². The Hall–Kier alpha value is -2.03. The second kappa shape index (κ2) is 4.57. The minimum absolute atomic E-state index is 0.0655. The van der Waals surface area contributed by atoms with Gasteiger partial charge in [0.25, 0.3) is 5.69 Å². The molecule has 3 rings (SSSR count). The highest BCUT2D eigenvalue weighted by Gasteiger charge is 2.08. The number of aromatic nitrogens is 3. The molecule has 1 aromatic carbocycles. The van der Waals surface area contributed by atoms with E-state index in [1.54, 1.807) is 29.1 Å². The maximum atomic E-state index is 10.7. The van der Waals surface area contributed by atoms with Crippen molar-refractivity contribution >= 4 is 39.2 Å². The summed E-state index contributed by atoms with van der Waals surface area (Å²) in [7, 11) is 0. The number of hydrogen-bond acceptors (Lipinski definition) is 4. The fourth-order valence-corrected chi connectivity index (χ4v) is 2.16. The lowest BCUT2D eigenvalue weighted by atomic mass is 10.2. The standard InChI is InChI=1S/C12H7IN4O2/c13-9-6-14-16(7-9)12-4-1-8-5-10(17(18)19)2-3-11(8)15-12/h1-7H. The maximum absolute atomic E-state index is 10.7. The monoisotopic (exact) mass is 366 g/mol. The Morgan fingerprint density at radius 3 is 2.79 bits per heavy atom. The van der Waals surface area contributed by atoms with Crippen LogP contribution in [0.3, 0.4) is 0 Å². The fraction of sp³-hybridized carbons (Fsp3) is 0. The van der Waals surface area contributed by atoms with Crippen LogP contribution in [0.25, 0.3) is 16.7 Å². The van der Waals surface area contributed by atoms with E-state index in [4.69, 9.17) is 0 Å². The number of benzene rings is 1. The highest BCUT2D eigenvalue weighted by Crippen LogP contribution is 2.20. The van der Waals surface area contributed by atoms with E-state index in [0.717, 1.165) is 8.96 Å². The van der Waals surface area contributed by atoms with Crippen molar-refractivity contribution in [3.63, 3.8) is 0 Å². The van der Waals surface area contributed by atoms with E-state index < -0.39 is 4.92 Å². The summed E-state index contributed by atoms with van der Waals surface area (Å²) in [5.41, 5.74) is 0.768. The molecule has 0 spiro atoms. The van der Waals surface area contributed by atoms with E-state index >= 15 is 0 Å². The van der Waals surface area contributed by atoms with Gasteiger partial charge in [0.05, 0.1) is 20.2 Å². The lowest BCUT2D eigenvalue weighted by Gasteiger charge is -2.02. The number of hydrogen-bond donors (Lipinski definition) is 0. The van der Waals surface area contributed by atoms with Crippen molar-refractivity contribution in [2.24, 2.45) is 0 Å². The third kappa shape index (κ3) is 2.28. The molecular formula is C12H7IN4O2. The summed E-state index contributed by atoms with van der Waals surface area (Å²) in [5.74, 6) is 0.685. The van der Waals surface area contributed by atoms with Gasteiger partial charge < -0.3 is 0 Å². The lowest BCUT2D eigenvalue weighted by Crippen LogP contribution is -1.98. The minimum Gasteiger partial charge on any atom is -0.258 e. The first-order valence-corrected chi connectivity index (χ1v) is 6.47. The Bertz CT molecular complexity index is 784. The van der Waals surface area contributed by atoms with Crippen LogP contribution in [0.5, 0.6) is 0 Å². The number of halogens is 1. The Labute approximate surface area is 121 Å². The molecule has 0 aliphatic carbocycles. The van der Waals surface area contributed by atoms with Crippen LogP contribution in [-0.4, -0.2) is 19.7 Å². The van der Waals surface area contributed by atoms with Crippen LogP contribution in [-0.2, 0) is 0 Å². The summed E-state index contributed by atoms with van der Waals surface area (Å²) in [5, 5.41) is 15.6. The molecule has 0 saturated carbocycles. The van der Waals surface area contributed by atoms with Gasteiger partial charge in [-0.05, 0) is 40.8 Å². The van der Waals surface area contributed by atoms with Gasteiger partial charge in [0, 0.05) is 23.7 Å². The molecule has 0 saturated heterocycles. The molecule has 0 amide bonds. The molecule has 0 bridgehead atoms. The van der Waals surface area contributed by atoms with Crippen LogP contribution in [0, 0.1) is 13.7 Å². The van der Waals surface area contributed by atoms with Crippen molar-refractivity contribution in [2.75, 3.05) is 0 Å². The first kappa shape index (κ1) is 12.0. The summed E-state index contributed by atoms with van der Waals surface area (Å²) < 4.78 is 2.69. The third-order valence-electron chi connectivity index (χ3n) is 2.65. The number of nitro benzene ring substituents is 1. The molecule has 7 heteroatoms. The number of nitro groups is 1. The van der Waals surface area contributed by atoms with Gasteiger partial charge in [-0.25, -0.2) is 9.67 Å². The first-order chi connectivity index (χ1) is 9.13. The zero-order chi connectivity index (χ0) is 13.4. The average Bonchev–Trinajstić information content (AvgIpc) is 2.84. The minimum atomic E-state index is -0.413. The summed E-state index contributed by atoms with van der Waals surface area (Å²) in [6.45, 7) is 0. The number of nitrogens with zero attached hydrogens (tertiary/aromatic N) is 4. The molecule has 0 radical (unpaired) electrons. The van der Waals surface area contributed by atoms with Crippen molar-refractivity contribution < 1.29 is 4.92 Å². The van der Waals surface area contributed by atoms with Gasteiger partial charge in [-0.15, -0.1) is 0 Å². The molecule has 3 aromatic rings. The molecule has 0 N–H and O–H groups in total. The molecule has 0 aliphatic heterocycles. The van der Waals surface area contributed by atoms with E-state index in [2.05, 4.69) is 32.7 Å². The van der Waals surface area contributed by atoms with E-state index in [0.29, 0.717) is 11.3 Å². The second-order valence-electron chi connectivity index (χ2n) is 3.91. The van der Waals surface area contributed by atoms with Crippen molar-refractivity contribution in [1.29, 1.82) is 0 Å². The van der Waals surface area contributed by atoms with Crippen LogP contribution >= 0.6 is 22.6 Å². The molecule has 0 unspecified atom stereocenters. The van der Waals surface area contributed by atoms with Gasteiger partial charge in [-0.1, -0.05) is 0 Å². The van der Waals surface area contributed by atoms with Crippen LogP contribution < -0.4 is 0 Å². The molecule has 0 atom stereocenters. The molecule has 94 valence electrons. The zero-order valence-electron chi connectivity index (χ0n) is 9.52. The number of non-ortho nitro benzene ring substituents is 1. The topological polar surface area (TPSA) is 73.8 Å².